The molecule has 5 nitrogen and oxygen atoms in total. The molecule has 0 aromatic heterocycles. The lowest BCUT2D eigenvalue weighted by Crippen LogP contribution is -2.43. The van der Waals surface area contributed by atoms with Gasteiger partial charge in [-0.15, -0.1) is 0 Å². The third-order valence-electron chi connectivity index (χ3n) is 3.39. The molecule has 0 aliphatic carbocycles. The van der Waals surface area contributed by atoms with Crippen LogP contribution in [0.3, 0.4) is 0 Å². The summed E-state index contributed by atoms with van der Waals surface area (Å²) in [7, 11) is 0. The van der Waals surface area contributed by atoms with Crippen molar-refractivity contribution in [3.8, 4) is 5.75 Å². The minimum Gasteiger partial charge on any atom is -0.494 e. The van der Waals surface area contributed by atoms with Gasteiger partial charge in [-0.25, -0.2) is 0 Å². The van der Waals surface area contributed by atoms with E-state index in [0.29, 0.717) is 28.6 Å². The molecular weight excluding hydrogens is 358 g/mol. The van der Waals surface area contributed by atoms with Crippen LogP contribution >= 0.6 is 23.8 Å². The molecule has 2 aromatic rings. The minimum atomic E-state index is -0.307. The van der Waals surface area contributed by atoms with Gasteiger partial charge in [0.1, 0.15) is 5.75 Å². The molecule has 3 N–H and O–H groups in total. The lowest BCUT2D eigenvalue weighted by molar-refractivity contribution is 0.0944. The van der Waals surface area contributed by atoms with Crippen LogP contribution < -0.4 is 20.9 Å². The number of carbonyl (C=O) groups is 1. The molecule has 0 heterocycles. The average Bonchev–Trinajstić information content (AvgIpc) is 2.57. The molecule has 132 valence electrons. The van der Waals surface area contributed by atoms with Gasteiger partial charge >= 0.3 is 0 Å². The summed E-state index contributed by atoms with van der Waals surface area (Å²) in [6, 6.07) is 10.7. The van der Waals surface area contributed by atoms with Gasteiger partial charge in [-0.2, -0.15) is 0 Å². The maximum Gasteiger partial charge on any atom is 0.269 e. The van der Waals surface area contributed by atoms with E-state index in [4.69, 9.17) is 28.6 Å². The molecule has 0 saturated carbocycles. The molecule has 2 rings (SSSR count). The van der Waals surface area contributed by atoms with Crippen LogP contribution in [0.25, 0.3) is 0 Å². The van der Waals surface area contributed by atoms with Crippen molar-refractivity contribution in [2.45, 2.75) is 20.8 Å². The van der Waals surface area contributed by atoms with Gasteiger partial charge in [-0.05, 0) is 74.4 Å². The Hall–Kier alpha value is -2.31. The van der Waals surface area contributed by atoms with E-state index < -0.39 is 0 Å². The SMILES string of the molecule is CCOc1ccc(C(=O)NNC(=S)Nc2c(C)cc(C)cc2Cl)cc1. The number of halogens is 1. The summed E-state index contributed by atoms with van der Waals surface area (Å²) >= 11 is 11.4. The van der Waals surface area contributed by atoms with Crippen LogP contribution in [-0.2, 0) is 0 Å². The van der Waals surface area contributed by atoms with Crippen molar-refractivity contribution in [2.75, 3.05) is 11.9 Å². The predicted octanol–water partition coefficient (Wildman–Crippen LogP) is 3.99. The van der Waals surface area contributed by atoms with Crippen molar-refractivity contribution in [1.29, 1.82) is 0 Å². The molecule has 1 amide bonds. The van der Waals surface area contributed by atoms with Crippen molar-refractivity contribution in [2.24, 2.45) is 0 Å². The molecule has 0 aliphatic heterocycles. The van der Waals surface area contributed by atoms with Crippen LogP contribution in [0.5, 0.6) is 5.75 Å². The van der Waals surface area contributed by atoms with Crippen LogP contribution in [0, 0.1) is 13.8 Å². The molecule has 0 radical (unpaired) electrons. The predicted molar refractivity (Wildman–Crippen MR) is 105 cm³/mol. The molecule has 2 aromatic carbocycles. The zero-order chi connectivity index (χ0) is 18.4. The van der Waals surface area contributed by atoms with Crippen molar-refractivity contribution in [3.05, 3.63) is 58.1 Å². The standard InChI is InChI=1S/C18H20ClN3O2S/c1-4-24-14-7-5-13(6-8-14)17(23)21-22-18(25)20-16-12(3)9-11(2)10-15(16)19/h5-10H,4H2,1-3H3,(H,21,23)(H2,20,22,25). The largest absolute Gasteiger partial charge is 0.494 e. The third kappa shape index (κ3) is 5.34. The zero-order valence-corrected chi connectivity index (χ0v) is 15.8. The van der Waals surface area contributed by atoms with Gasteiger partial charge < -0.3 is 10.1 Å². The number of hydrogen-bond donors (Lipinski definition) is 3. The summed E-state index contributed by atoms with van der Waals surface area (Å²) in [4.78, 5) is 12.1. The molecule has 0 fully saturated rings. The smallest absolute Gasteiger partial charge is 0.269 e. The third-order valence-corrected chi connectivity index (χ3v) is 3.89. The van der Waals surface area contributed by atoms with Crippen molar-refractivity contribution in [3.63, 3.8) is 0 Å². The highest BCUT2D eigenvalue weighted by Crippen LogP contribution is 2.27. The number of thiocarbonyl (C=S) groups is 1. The topological polar surface area (TPSA) is 62.4 Å². The highest BCUT2D eigenvalue weighted by atomic mass is 35.5. The summed E-state index contributed by atoms with van der Waals surface area (Å²) in [5.74, 6) is 0.410. The number of rotatable bonds is 4. The fourth-order valence-corrected chi connectivity index (χ4v) is 2.80. The molecular formula is C18H20ClN3O2S. The Morgan fingerprint density at radius 2 is 1.84 bits per heavy atom. The Bertz CT molecular complexity index is 755. The molecule has 0 unspecified atom stereocenters. The fourth-order valence-electron chi connectivity index (χ4n) is 2.27. The Balaban J connectivity index is 1.92. The normalized spacial score (nSPS) is 10.1. The van der Waals surface area contributed by atoms with Crippen LogP contribution in [0.2, 0.25) is 5.02 Å². The van der Waals surface area contributed by atoms with E-state index in [0.717, 1.165) is 11.1 Å². The maximum absolute atomic E-state index is 12.1. The number of anilines is 1. The first-order valence-corrected chi connectivity index (χ1v) is 8.56. The maximum atomic E-state index is 12.1. The van der Waals surface area contributed by atoms with E-state index in [1.165, 1.54) is 0 Å². The number of hydrazine groups is 1. The molecule has 0 saturated heterocycles. The van der Waals surface area contributed by atoms with Crippen LogP contribution in [-0.4, -0.2) is 17.6 Å². The van der Waals surface area contributed by atoms with Crippen molar-refractivity contribution >= 4 is 40.5 Å². The van der Waals surface area contributed by atoms with E-state index in [-0.39, 0.29) is 11.0 Å². The highest BCUT2D eigenvalue weighted by molar-refractivity contribution is 7.80. The monoisotopic (exact) mass is 377 g/mol. The summed E-state index contributed by atoms with van der Waals surface area (Å²) in [5, 5.41) is 3.80. The summed E-state index contributed by atoms with van der Waals surface area (Å²) in [6.07, 6.45) is 0. The molecule has 0 spiro atoms. The van der Waals surface area contributed by atoms with Crippen LogP contribution in [0.1, 0.15) is 28.4 Å². The van der Waals surface area contributed by atoms with Gasteiger partial charge in [-0.3, -0.25) is 15.6 Å². The van der Waals surface area contributed by atoms with Crippen LogP contribution in [0.4, 0.5) is 5.69 Å². The number of nitrogens with one attached hydrogen (secondary N) is 3. The summed E-state index contributed by atoms with van der Waals surface area (Å²) in [6.45, 7) is 6.38. The van der Waals surface area contributed by atoms with E-state index in [9.17, 15) is 4.79 Å². The fraction of sp³-hybridized carbons (Fsp3) is 0.222. The van der Waals surface area contributed by atoms with E-state index >= 15 is 0 Å². The Morgan fingerprint density at radius 1 is 1.16 bits per heavy atom. The first-order chi connectivity index (χ1) is 11.9. The Kier molecular flexibility index (Phi) is 6.61. The molecule has 25 heavy (non-hydrogen) atoms. The zero-order valence-electron chi connectivity index (χ0n) is 14.3. The van der Waals surface area contributed by atoms with Crippen molar-refractivity contribution in [1.82, 2.24) is 10.9 Å². The first-order valence-electron chi connectivity index (χ1n) is 7.77. The highest BCUT2D eigenvalue weighted by Gasteiger charge is 2.09. The summed E-state index contributed by atoms with van der Waals surface area (Å²) < 4.78 is 5.35. The number of carbonyl (C=O) groups excluding carboxylic acids is 1. The number of aryl methyl sites for hydroxylation is 2. The van der Waals surface area contributed by atoms with Gasteiger partial charge in [0.05, 0.1) is 17.3 Å². The molecule has 7 heteroatoms. The van der Waals surface area contributed by atoms with E-state index in [1.807, 2.05) is 32.9 Å². The van der Waals surface area contributed by atoms with Gasteiger partial charge in [0.2, 0.25) is 0 Å². The van der Waals surface area contributed by atoms with Gasteiger partial charge in [0.15, 0.2) is 5.11 Å². The van der Waals surface area contributed by atoms with Crippen molar-refractivity contribution < 1.29 is 9.53 Å². The molecule has 0 atom stereocenters. The lowest BCUT2D eigenvalue weighted by Gasteiger charge is -2.15. The lowest BCUT2D eigenvalue weighted by atomic mass is 10.1. The van der Waals surface area contributed by atoms with Gasteiger partial charge in [-0.1, -0.05) is 17.7 Å². The second-order valence-electron chi connectivity index (χ2n) is 5.43. The minimum absolute atomic E-state index is 0.244. The second-order valence-corrected chi connectivity index (χ2v) is 6.24. The number of benzene rings is 2. The average molecular weight is 378 g/mol. The van der Waals surface area contributed by atoms with E-state index in [1.54, 1.807) is 24.3 Å². The number of hydrogen-bond acceptors (Lipinski definition) is 3. The molecule has 0 bridgehead atoms. The quantitative estimate of drug-likeness (QED) is 0.555. The number of amides is 1. The van der Waals surface area contributed by atoms with Gasteiger partial charge in [0, 0.05) is 5.56 Å². The van der Waals surface area contributed by atoms with E-state index in [2.05, 4.69) is 16.2 Å². The second kappa shape index (κ2) is 8.69. The Labute approximate surface area is 157 Å². The first kappa shape index (κ1) is 19.0. The van der Waals surface area contributed by atoms with Crippen LogP contribution in [0.15, 0.2) is 36.4 Å². The molecule has 0 aliphatic rings. The Morgan fingerprint density at radius 3 is 2.44 bits per heavy atom. The van der Waals surface area contributed by atoms with Gasteiger partial charge in [0.25, 0.3) is 5.91 Å². The summed E-state index contributed by atoms with van der Waals surface area (Å²) in [5.41, 5.74) is 8.44. The number of ether oxygens (including phenoxy) is 1.